The van der Waals surface area contributed by atoms with Crippen LogP contribution < -0.4 is 9.47 Å². The van der Waals surface area contributed by atoms with Gasteiger partial charge in [0.1, 0.15) is 22.3 Å². The Balaban J connectivity index is 2.59. The molecule has 0 aliphatic rings. The average molecular weight is 360 g/mol. The highest BCUT2D eigenvalue weighted by Crippen LogP contribution is 2.36. The molecule has 132 valence electrons. The number of rotatable bonds is 6. The van der Waals surface area contributed by atoms with Gasteiger partial charge in [-0.1, -0.05) is 12.1 Å². The Labute approximate surface area is 151 Å². The van der Waals surface area contributed by atoms with Crippen molar-refractivity contribution in [1.82, 2.24) is 9.97 Å². The molecule has 0 unspecified atom stereocenters. The van der Waals surface area contributed by atoms with E-state index in [4.69, 9.17) is 14.2 Å². The van der Waals surface area contributed by atoms with Crippen molar-refractivity contribution in [2.75, 3.05) is 20.5 Å². The largest absolute Gasteiger partial charge is 0.497 e. The molecule has 0 saturated heterocycles. The number of hydrogen-bond acceptors (Lipinski definition) is 7. The van der Waals surface area contributed by atoms with Crippen molar-refractivity contribution in [3.05, 3.63) is 41.7 Å². The number of thioether (sulfide) groups is 1. The zero-order valence-electron chi connectivity index (χ0n) is 14.8. The van der Waals surface area contributed by atoms with E-state index in [9.17, 15) is 4.79 Å². The van der Waals surface area contributed by atoms with Gasteiger partial charge in [0, 0.05) is 6.07 Å². The van der Waals surface area contributed by atoms with Crippen LogP contribution in [0.3, 0.4) is 0 Å². The monoisotopic (exact) mass is 360 g/mol. The first-order valence-corrected chi connectivity index (χ1v) is 8.76. The van der Waals surface area contributed by atoms with Gasteiger partial charge < -0.3 is 14.2 Å². The molecule has 7 heteroatoms. The van der Waals surface area contributed by atoms with Gasteiger partial charge in [0.15, 0.2) is 0 Å². The molecular weight excluding hydrogens is 340 g/mol. The number of aryl methyl sites for hydroxylation is 1. The molecule has 1 heterocycles. The number of carbonyl (C=O) groups excluding carboxylic acids is 1. The van der Waals surface area contributed by atoms with Crippen molar-refractivity contribution in [2.45, 2.75) is 18.9 Å². The number of allylic oxidation sites excluding steroid dienone is 1. The molecule has 0 spiro atoms. The Bertz CT molecular complexity index is 806. The van der Waals surface area contributed by atoms with E-state index in [-0.39, 0.29) is 0 Å². The van der Waals surface area contributed by atoms with E-state index in [1.807, 2.05) is 18.4 Å². The second kappa shape index (κ2) is 8.53. The summed E-state index contributed by atoms with van der Waals surface area (Å²) < 4.78 is 16.1. The number of carbonyl (C=O) groups is 1. The standard InChI is InChI=1S/C18H20N2O4S/c1-6-14(18(21)23-4)15-16(19-11(2)20-17(15)25-5)24-13-9-7-8-12(10-13)22-3/h6-10H,1-5H3. The minimum atomic E-state index is -0.472. The molecular formula is C18H20N2O4S. The maximum atomic E-state index is 12.2. The third-order valence-electron chi connectivity index (χ3n) is 3.37. The number of aromatic nitrogens is 2. The smallest absolute Gasteiger partial charge is 0.338 e. The first-order chi connectivity index (χ1) is 12.0. The summed E-state index contributed by atoms with van der Waals surface area (Å²) in [5.41, 5.74) is 0.861. The van der Waals surface area contributed by atoms with Gasteiger partial charge in [0.25, 0.3) is 0 Å². The number of hydrogen-bond donors (Lipinski definition) is 0. The summed E-state index contributed by atoms with van der Waals surface area (Å²) in [6.45, 7) is 3.53. The molecule has 0 amide bonds. The van der Waals surface area contributed by atoms with Gasteiger partial charge in [-0.05, 0) is 32.2 Å². The van der Waals surface area contributed by atoms with E-state index in [2.05, 4.69) is 9.97 Å². The predicted molar refractivity (Wildman–Crippen MR) is 97.3 cm³/mol. The molecule has 0 bridgehead atoms. The molecule has 1 aromatic heterocycles. The van der Waals surface area contributed by atoms with Gasteiger partial charge in [-0.2, -0.15) is 4.98 Å². The Morgan fingerprint density at radius 1 is 1.20 bits per heavy atom. The van der Waals surface area contributed by atoms with Crippen LogP contribution >= 0.6 is 11.8 Å². The third kappa shape index (κ3) is 4.30. The second-order valence-corrected chi connectivity index (χ2v) is 5.73. The minimum absolute atomic E-state index is 0.295. The maximum Gasteiger partial charge on any atom is 0.338 e. The fourth-order valence-corrected chi connectivity index (χ4v) is 2.85. The number of ether oxygens (including phenoxy) is 3. The van der Waals surface area contributed by atoms with Crippen molar-refractivity contribution < 1.29 is 19.0 Å². The van der Waals surface area contributed by atoms with E-state index >= 15 is 0 Å². The first-order valence-electron chi connectivity index (χ1n) is 7.53. The lowest BCUT2D eigenvalue weighted by Crippen LogP contribution is -2.09. The lowest BCUT2D eigenvalue weighted by molar-refractivity contribution is -0.133. The summed E-state index contributed by atoms with van der Waals surface area (Å²) >= 11 is 1.41. The Morgan fingerprint density at radius 3 is 2.52 bits per heavy atom. The van der Waals surface area contributed by atoms with Crippen LogP contribution in [0.15, 0.2) is 35.4 Å². The van der Waals surface area contributed by atoms with Crippen molar-refractivity contribution in [1.29, 1.82) is 0 Å². The molecule has 6 nitrogen and oxygen atoms in total. The van der Waals surface area contributed by atoms with E-state index in [1.54, 1.807) is 39.2 Å². The molecule has 0 atom stereocenters. The molecule has 0 saturated carbocycles. The molecule has 25 heavy (non-hydrogen) atoms. The molecule has 0 radical (unpaired) electrons. The summed E-state index contributed by atoms with van der Waals surface area (Å²) in [6.07, 6.45) is 3.54. The van der Waals surface area contributed by atoms with E-state index < -0.39 is 5.97 Å². The average Bonchev–Trinajstić information content (AvgIpc) is 2.63. The summed E-state index contributed by atoms with van der Waals surface area (Å²) in [6, 6.07) is 7.16. The summed E-state index contributed by atoms with van der Waals surface area (Å²) in [5.74, 6) is 1.58. The second-order valence-electron chi connectivity index (χ2n) is 4.94. The molecule has 0 aliphatic carbocycles. The van der Waals surface area contributed by atoms with Crippen molar-refractivity contribution in [3.8, 4) is 17.4 Å². The predicted octanol–water partition coefficient (Wildman–Crippen LogP) is 3.88. The van der Waals surface area contributed by atoms with E-state index in [0.29, 0.717) is 39.4 Å². The number of methoxy groups -OCH3 is 2. The molecule has 0 N–H and O–H groups in total. The first kappa shape index (κ1) is 18.8. The molecule has 2 rings (SSSR count). The van der Waals surface area contributed by atoms with Crippen LogP contribution in [0.2, 0.25) is 0 Å². The number of benzene rings is 1. The Morgan fingerprint density at radius 2 is 1.92 bits per heavy atom. The normalized spacial score (nSPS) is 11.2. The third-order valence-corrected chi connectivity index (χ3v) is 4.05. The van der Waals surface area contributed by atoms with Gasteiger partial charge in [-0.3, -0.25) is 0 Å². The molecule has 2 aromatic rings. The molecule has 0 fully saturated rings. The molecule has 1 aromatic carbocycles. The van der Waals surface area contributed by atoms with E-state index in [1.165, 1.54) is 18.9 Å². The van der Waals surface area contributed by atoms with Crippen molar-refractivity contribution in [3.63, 3.8) is 0 Å². The van der Waals surface area contributed by atoms with Crippen molar-refractivity contribution >= 4 is 23.3 Å². The number of esters is 1. The Hall–Kier alpha value is -2.54. The van der Waals surface area contributed by atoms with Crippen LogP contribution in [0.4, 0.5) is 0 Å². The highest BCUT2D eigenvalue weighted by molar-refractivity contribution is 7.98. The summed E-state index contributed by atoms with van der Waals surface area (Å²) in [7, 11) is 2.92. The van der Waals surface area contributed by atoms with Crippen LogP contribution in [0, 0.1) is 6.92 Å². The van der Waals surface area contributed by atoms with Gasteiger partial charge >= 0.3 is 5.97 Å². The van der Waals surface area contributed by atoms with Crippen LogP contribution in [-0.2, 0) is 9.53 Å². The van der Waals surface area contributed by atoms with Gasteiger partial charge in [-0.15, -0.1) is 11.8 Å². The van der Waals surface area contributed by atoms with Crippen molar-refractivity contribution in [2.24, 2.45) is 0 Å². The minimum Gasteiger partial charge on any atom is -0.497 e. The number of nitrogens with zero attached hydrogens (tertiary/aromatic N) is 2. The van der Waals surface area contributed by atoms with Crippen LogP contribution in [-0.4, -0.2) is 36.4 Å². The fraction of sp³-hybridized carbons (Fsp3) is 0.278. The van der Waals surface area contributed by atoms with Crippen LogP contribution in [0.25, 0.3) is 5.57 Å². The zero-order chi connectivity index (χ0) is 18.4. The highest BCUT2D eigenvalue weighted by atomic mass is 32.2. The topological polar surface area (TPSA) is 70.5 Å². The summed E-state index contributed by atoms with van der Waals surface area (Å²) in [4.78, 5) is 21.0. The van der Waals surface area contributed by atoms with Gasteiger partial charge in [0.05, 0.1) is 25.4 Å². The van der Waals surface area contributed by atoms with Crippen LogP contribution in [0.1, 0.15) is 18.3 Å². The lowest BCUT2D eigenvalue weighted by Gasteiger charge is -2.15. The van der Waals surface area contributed by atoms with Gasteiger partial charge in [0.2, 0.25) is 5.88 Å². The van der Waals surface area contributed by atoms with E-state index in [0.717, 1.165) is 0 Å². The fourth-order valence-electron chi connectivity index (χ4n) is 2.22. The SMILES string of the molecule is CC=C(C(=O)OC)c1c(Oc2cccc(OC)c2)nc(C)nc1SC. The molecule has 0 aliphatic heterocycles. The lowest BCUT2D eigenvalue weighted by atomic mass is 10.1. The highest BCUT2D eigenvalue weighted by Gasteiger charge is 2.23. The van der Waals surface area contributed by atoms with Crippen LogP contribution in [0.5, 0.6) is 17.4 Å². The maximum absolute atomic E-state index is 12.2. The quantitative estimate of drug-likeness (QED) is 0.335. The zero-order valence-corrected chi connectivity index (χ0v) is 15.6. The van der Waals surface area contributed by atoms with Gasteiger partial charge in [-0.25, -0.2) is 9.78 Å². The Kier molecular flexibility index (Phi) is 6.41. The summed E-state index contributed by atoms with van der Waals surface area (Å²) in [5, 5.41) is 0.642.